The van der Waals surface area contributed by atoms with Crippen LogP contribution in [0.3, 0.4) is 0 Å². The highest BCUT2D eigenvalue weighted by molar-refractivity contribution is 5.46. The molecule has 2 rings (SSSR count). The van der Waals surface area contributed by atoms with Crippen molar-refractivity contribution in [1.82, 2.24) is 0 Å². The van der Waals surface area contributed by atoms with Crippen LogP contribution in [0.5, 0.6) is 5.75 Å². The number of hydrogen-bond acceptors (Lipinski definition) is 2. The van der Waals surface area contributed by atoms with E-state index < -0.39 is 11.6 Å². The predicted molar refractivity (Wildman–Crippen MR) is 49.0 cm³/mol. The van der Waals surface area contributed by atoms with Gasteiger partial charge in [0.1, 0.15) is 5.75 Å². The van der Waals surface area contributed by atoms with Crippen molar-refractivity contribution in [3.8, 4) is 5.75 Å². The molecule has 1 aromatic carbocycles. The van der Waals surface area contributed by atoms with E-state index in [1.807, 2.05) is 0 Å². The Labute approximate surface area is 80.7 Å². The lowest BCUT2D eigenvalue weighted by Crippen LogP contribution is -2.24. The van der Waals surface area contributed by atoms with E-state index in [1.165, 1.54) is 6.07 Å². The summed E-state index contributed by atoms with van der Waals surface area (Å²) in [5.74, 6) is -1.66. The van der Waals surface area contributed by atoms with Crippen LogP contribution in [0.4, 0.5) is 14.5 Å². The highest BCUT2D eigenvalue weighted by Crippen LogP contribution is 2.28. The Morgan fingerprint density at radius 2 is 2.00 bits per heavy atom. The van der Waals surface area contributed by atoms with Crippen LogP contribution in [-0.4, -0.2) is 6.10 Å². The molecule has 0 amide bonds. The van der Waals surface area contributed by atoms with Crippen LogP contribution in [-0.2, 0) is 0 Å². The van der Waals surface area contributed by atoms with Crippen LogP contribution in [0.1, 0.15) is 19.3 Å². The van der Waals surface area contributed by atoms with Gasteiger partial charge in [-0.05, 0) is 19.3 Å². The van der Waals surface area contributed by atoms with Gasteiger partial charge in [0.2, 0.25) is 0 Å². The minimum Gasteiger partial charge on any atom is -0.490 e. The van der Waals surface area contributed by atoms with Gasteiger partial charge in [-0.2, -0.15) is 0 Å². The van der Waals surface area contributed by atoms with Gasteiger partial charge in [0.05, 0.1) is 11.8 Å². The molecule has 1 aliphatic carbocycles. The summed E-state index contributed by atoms with van der Waals surface area (Å²) in [5, 5.41) is 0. The summed E-state index contributed by atoms with van der Waals surface area (Å²) >= 11 is 0. The van der Waals surface area contributed by atoms with Gasteiger partial charge in [0, 0.05) is 12.1 Å². The van der Waals surface area contributed by atoms with E-state index in [4.69, 9.17) is 10.5 Å². The van der Waals surface area contributed by atoms with Crippen LogP contribution in [0.15, 0.2) is 12.1 Å². The molecule has 4 heteroatoms. The van der Waals surface area contributed by atoms with E-state index in [1.54, 1.807) is 0 Å². The Morgan fingerprint density at radius 1 is 1.29 bits per heavy atom. The lowest BCUT2D eigenvalue weighted by molar-refractivity contribution is 0.120. The van der Waals surface area contributed by atoms with Crippen LogP contribution in [0.25, 0.3) is 0 Å². The topological polar surface area (TPSA) is 35.2 Å². The van der Waals surface area contributed by atoms with E-state index >= 15 is 0 Å². The molecule has 14 heavy (non-hydrogen) atoms. The van der Waals surface area contributed by atoms with Gasteiger partial charge in [-0.15, -0.1) is 0 Å². The van der Waals surface area contributed by atoms with Crippen LogP contribution < -0.4 is 10.5 Å². The lowest BCUT2D eigenvalue weighted by Gasteiger charge is -2.26. The second-order valence-electron chi connectivity index (χ2n) is 3.48. The van der Waals surface area contributed by atoms with Crippen molar-refractivity contribution in [2.75, 3.05) is 5.73 Å². The zero-order chi connectivity index (χ0) is 10.1. The molecule has 0 radical (unpaired) electrons. The summed E-state index contributed by atoms with van der Waals surface area (Å²) in [6.07, 6.45) is 3.21. The van der Waals surface area contributed by atoms with E-state index in [-0.39, 0.29) is 11.8 Å². The summed E-state index contributed by atoms with van der Waals surface area (Å²) in [6.45, 7) is 0. The minimum absolute atomic E-state index is 0.138. The second kappa shape index (κ2) is 3.44. The van der Waals surface area contributed by atoms with Gasteiger partial charge in [-0.25, -0.2) is 8.78 Å². The number of nitrogens with two attached hydrogens (primary N) is 1. The summed E-state index contributed by atoms with van der Waals surface area (Å²) in [4.78, 5) is 0. The fourth-order valence-electron chi connectivity index (χ4n) is 1.33. The number of hydrogen-bond donors (Lipinski definition) is 1. The van der Waals surface area contributed by atoms with Crippen molar-refractivity contribution in [2.24, 2.45) is 0 Å². The molecule has 0 heterocycles. The molecule has 0 unspecified atom stereocenters. The molecular formula is C10H11F2NO. The molecule has 0 saturated heterocycles. The van der Waals surface area contributed by atoms with Crippen molar-refractivity contribution in [3.63, 3.8) is 0 Å². The highest BCUT2D eigenvalue weighted by Gasteiger charge is 2.20. The Balaban J connectivity index is 2.17. The van der Waals surface area contributed by atoms with Crippen molar-refractivity contribution in [2.45, 2.75) is 25.4 Å². The average Bonchev–Trinajstić information content (AvgIpc) is 2.07. The molecule has 0 atom stereocenters. The number of anilines is 1. The summed E-state index contributed by atoms with van der Waals surface area (Å²) < 4.78 is 31.0. The molecule has 2 N–H and O–H groups in total. The van der Waals surface area contributed by atoms with Gasteiger partial charge in [0.15, 0.2) is 11.6 Å². The number of benzene rings is 1. The van der Waals surface area contributed by atoms with E-state index in [0.29, 0.717) is 5.75 Å². The fraction of sp³-hybridized carbons (Fsp3) is 0.400. The molecule has 0 aromatic heterocycles. The zero-order valence-corrected chi connectivity index (χ0v) is 7.59. The lowest BCUT2D eigenvalue weighted by atomic mass is 9.96. The first-order valence-electron chi connectivity index (χ1n) is 4.58. The molecule has 0 bridgehead atoms. The molecule has 2 nitrogen and oxygen atoms in total. The summed E-state index contributed by atoms with van der Waals surface area (Å²) in [6, 6.07) is 2.35. The Bertz CT molecular complexity index is 327. The maximum atomic E-state index is 12.9. The Hall–Kier alpha value is -1.32. The smallest absolute Gasteiger partial charge is 0.181 e. The monoisotopic (exact) mass is 199 g/mol. The first kappa shape index (κ1) is 9.24. The fourth-order valence-corrected chi connectivity index (χ4v) is 1.33. The van der Waals surface area contributed by atoms with Gasteiger partial charge in [-0.3, -0.25) is 0 Å². The van der Waals surface area contributed by atoms with Crippen molar-refractivity contribution < 1.29 is 13.5 Å². The zero-order valence-electron chi connectivity index (χ0n) is 7.59. The molecule has 0 spiro atoms. The van der Waals surface area contributed by atoms with Gasteiger partial charge >= 0.3 is 0 Å². The second-order valence-corrected chi connectivity index (χ2v) is 3.48. The normalized spacial score (nSPS) is 16.4. The van der Waals surface area contributed by atoms with E-state index in [2.05, 4.69) is 0 Å². The third-order valence-corrected chi connectivity index (χ3v) is 2.38. The molecule has 1 fully saturated rings. The first-order valence-corrected chi connectivity index (χ1v) is 4.58. The SMILES string of the molecule is Nc1cc(OC2CCC2)cc(F)c1F. The van der Waals surface area contributed by atoms with Crippen LogP contribution >= 0.6 is 0 Å². The third kappa shape index (κ3) is 1.64. The molecule has 76 valence electrons. The number of nitrogen functional groups attached to an aromatic ring is 1. The Kier molecular flexibility index (Phi) is 2.27. The van der Waals surface area contributed by atoms with E-state index in [0.717, 1.165) is 25.3 Å². The predicted octanol–water partition coefficient (Wildman–Crippen LogP) is 2.48. The van der Waals surface area contributed by atoms with Crippen LogP contribution in [0.2, 0.25) is 0 Å². The maximum absolute atomic E-state index is 12.9. The van der Waals surface area contributed by atoms with Gasteiger partial charge in [-0.1, -0.05) is 0 Å². The van der Waals surface area contributed by atoms with Gasteiger partial charge < -0.3 is 10.5 Å². The molecule has 1 aromatic rings. The number of ether oxygens (including phenoxy) is 1. The number of rotatable bonds is 2. The van der Waals surface area contributed by atoms with Crippen molar-refractivity contribution >= 4 is 5.69 Å². The Morgan fingerprint density at radius 3 is 2.50 bits per heavy atom. The quantitative estimate of drug-likeness (QED) is 0.742. The van der Waals surface area contributed by atoms with E-state index in [9.17, 15) is 8.78 Å². The minimum atomic E-state index is -1.01. The summed E-state index contributed by atoms with van der Waals surface area (Å²) in [5.41, 5.74) is 5.05. The first-order chi connectivity index (χ1) is 6.66. The molecule has 0 aliphatic heterocycles. The standard InChI is InChI=1S/C10H11F2NO/c11-8-4-7(5-9(13)10(8)12)14-6-2-1-3-6/h4-6H,1-3,13H2. The molecular weight excluding hydrogens is 188 g/mol. The van der Waals surface area contributed by atoms with Crippen LogP contribution in [0, 0.1) is 11.6 Å². The summed E-state index contributed by atoms with van der Waals surface area (Å²) in [7, 11) is 0. The number of halogens is 2. The van der Waals surface area contributed by atoms with Gasteiger partial charge in [0.25, 0.3) is 0 Å². The maximum Gasteiger partial charge on any atom is 0.181 e. The average molecular weight is 199 g/mol. The van der Waals surface area contributed by atoms with Crippen molar-refractivity contribution in [3.05, 3.63) is 23.8 Å². The van der Waals surface area contributed by atoms with Crippen molar-refractivity contribution in [1.29, 1.82) is 0 Å². The largest absolute Gasteiger partial charge is 0.490 e. The highest BCUT2D eigenvalue weighted by atomic mass is 19.2. The molecule has 1 aliphatic rings. The molecule has 1 saturated carbocycles. The third-order valence-electron chi connectivity index (χ3n) is 2.38.